The molecule has 1 amide bonds. The van der Waals surface area contributed by atoms with Crippen molar-refractivity contribution in [2.75, 3.05) is 12.3 Å². The molecule has 0 aliphatic carbocycles. The fraction of sp³-hybridized carbons (Fsp3) is 0.467. The molecule has 8 heteroatoms. The minimum absolute atomic E-state index is 0.100. The van der Waals surface area contributed by atoms with Gasteiger partial charge in [0, 0.05) is 18.9 Å². The number of rotatable bonds is 6. The lowest BCUT2D eigenvalue weighted by Gasteiger charge is -2.38. The highest BCUT2D eigenvalue weighted by Gasteiger charge is 2.50. The first-order valence-electron chi connectivity index (χ1n) is 7.22. The van der Waals surface area contributed by atoms with Crippen LogP contribution in [0.4, 0.5) is 3.89 Å². The van der Waals surface area contributed by atoms with E-state index in [9.17, 15) is 27.0 Å². The van der Waals surface area contributed by atoms with Crippen molar-refractivity contribution in [2.45, 2.75) is 25.3 Å². The number of carbonyl (C=O) groups excluding carboxylic acids is 1. The van der Waals surface area contributed by atoms with Crippen molar-refractivity contribution < 1.29 is 27.0 Å². The minimum atomic E-state index is -4.72. The van der Waals surface area contributed by atoms with Crippen LogP contribution in [0.3, 0.4) is 0 Å². The van der Waals surface area contributed by atoms with Crippen LogP contribution in [0, 0.1) is 5.92 Å². The average molecular weight is 343 g/mol. The van der Waals surface area contributed by atoms with Gasteiger partial charge in [0.15, 0.2) is 5.54 Å². The van der Waals surface area contributed by atoms with Gasteiger partial charge in [0.1, 0.15) is 0 Å². The first kappa shape index (κ1) is 17.4. The van der Waals surface area contributed by atoms with Gasteiger partial charge in [0.2, 0.25) is 5.91 Å². The molecule has 1 aliphatic rings. The summed E-state index contributed by atoms with van der Waals surface area (Å²) in [4.78, 5) is 25.5. The summed E-state index contributed by atoms with van der Waals surface area (Å²) >= 11 is 0. The van der Waals surface area contributed by atoms with E-state index in [1.807, 2.05) is 0 Å². The molecule has 1 heterocycles. The summed E-state index contributed by atoms with van der Waals surface area (Å²) < 4.78 is 34.5. The van der Waals surface area contributed by atoms with Crippen LogP contribution in [-0.4, -0.2) is 42.6 Å². The molecule has 2 rings (SSSR count). The van der Waals surface area contributed by atoms with Gasteiger partial charge in [-0.1, -0.05) is 37.3 Å². The lowest BCUT2D eigenvalue weighted by molar-refractivity contribution is -0.158. The monoisotopic (exact) mass is 343 g/mol. The number of carbonyl (C=O) groups is 2. The molecule has 126 valence electrons. The molecule has 1 aliphatic heterocycles. The van der Waals surface area contributed by atoms with Gasteiger partial charge in [-0.15, -0.1) is 3.89 Å². The SMILES string of the molecule is CCC(C(=O)O)(c1ccccc1)N1CC(CS(=O)(=O)F)CC1=O. The molecular formula is C15H18FNO5S. The number of likely N-dealkylation sites (tertiary alicyclic amines) is 1. The summed E-state index contributed by atoms with van der Waals surface area (Å²) in [5.74, 6) is -3.19. The van der Waals surface area contributed by atoms with Crippen molar-refractivity contribution in [3.05, 3.63) is 35.9 Å². The molecule has 0 aromatic heterocycles. The molecule has 1 saturated heterocycles. The largest absolute Gasteiger partial charge is 0.479 e. The molecule has 0 saturated carbocycles. The van der Waals surface area contributed by atoms with Gasteiger partial charge in [-0.05, 0) is 12.0 Å². The molecule has 0 radical (unpaired) electrons. The van der Waals surface area contributed by atoms with Gasteiger partial charge in [-0.2, -0.15) is 8.42 Å². The van der Waals surface area contributed by atoms with Gasteiger partial charge in [-0.3, -0.25) is 4.79 Å². The van der Waals surface area contributed by atoms with E-state index >= 15 is 0 Å². The maximum atomic E-state index is 12.9. The third-order valence-corrected chi connectivity index (χ3v) is 5.09. The number of amides is 1. The summed E-state index contributed by atoms with van der Waals surface area (Å²) in [7, 11) is -4.72. The highest BCUT2D eigenvalue weighted by Crippen LogP contribution is 2.37. The van der Waals surface area contributed by atoms with E-state index in [0.717, 1.165) is 0 Å². The van der Waals surface area contributed by atoms with Gasteiger partial charge in [0.25, 0.3) is 0 Å². The first-order valence-corrected chi connectivity index (χ1v) is 8.77. The van der Waals surface area contributed by atoms with Crippen LogP contribution < -0.4 is 0 Å². The van der Waals surface area contributed by atoms with E-state index in [0.29, 0.717) is 5.56 Å². The Labute approximate surface area is 134 Å². The maximum absolute atomic E-state index is 12.9. The van der Waals surface area contributed by atoms with Crippen LogP contribution in [0.1, 0.15) is 25.3 Å². The standard InChI is InChI=1S/C15H18FNO5S/c1-2-15(14(19)20,12-6-4-3-5-7-12)17-9-11(8-13(17)18)10-23(16,21)22/h3-7,11H,2,8-10H2,1H3,(H,19,20). The molecule has 0 spiro atoms. The Bertz CT molecular complexity index is 706. The van der Waals surface area contributed by atoms with Crippen LogP contribution in [-0.2, 0) is 25.4 Å². The zero-order valence-corrected chi connectivity index (χ0v) is 13.4. The fourth-order valence-corrected chi connectivity index (χ4v) is 3.98. The number of nitrogens with zero attached hydrogens (tertiary/aromatic N) is 1. The molecule has 0 bridgehead atoms. The van der Waals surface area contributed by atoms with Gasteiger partial charge < -0.3 is 10.0 Å². The van der Waals surface area contributed by atoms with Crippen molar-refractivity contribution in [1.82, 2.24) is 4.90 Å². The lowest BCUT2D eigenvalue weighted by Crippen LogP contribution is -2.52. The molecule has 1 aromatic carbocycles. The third kappa shape index (κ3) is 3.36. The average Bonchev–Trinajstić information content (AvgIpc) is 2.80. The number of benzene rings is 1. The van der Waals surface area contributed by atoms with E-state index in [1.54, 1.807) is 37.3 Å². The number of aliphatic carboxylic acids is 1. The third-order valence-electron chi connectivity index (χ3n) is 4.22. The van der Waals surface area contributed by atoms with E-state index in [4.69, 9.17) is 0 Å². The summed E-state index contributed by atoms with van der Waals surface area (Å²) in [6.07, 6.45) is -0.0573. The summed E-state index contributed by atoms with van der Waals surface area (Å²) in [6, 6.07) is 8.31. The molecule has 2 unspecified atom stereocenters. The van der Waals surface area contributed by atoms with Gasteiger partial charge in [0.05, 0.1) is 5.75 Å². The minimum Gasteiger partial charge on any atom is -0.479 e. The molecule has 2 atom stereocenters. The fourth-order valence-electron chi connectivity index (χ4n) is 3.20. The first-order chi connectivity index (χ1) is 10.7. The highest BCUT2D eigenvalue weighted by molar-refractivity contribution is 7.86. The zero-order chi connectivity index (χ0) is 17.3. The number of carboxylic acid groups (broad SMARTS) is 1. The number of hydrogen-bond acceptors (Lipinski definition) is 4. The van der Waals surface area contributed by atoms with Crippen molar-refractivity contribution in [1.29, 1.82) is 0 Å². The Morgan fingerprint density at radius 1 is 1.39 bits per heavy atom. The molecular weight excluding hydrogens is 325 g/mol. The normalized spacial score (nSPS) is 21.2. The molecule has 1 aromatic rings. The van der Waals surface area contributed by atoms with Crippen LogP contribution >= 0.6 is 0 Å². The van der Waals surface area contributed by atoms with Crippen LogP contribution in [0.15, 0.2) is 30.3 Å². The van der Waals surface area contributed by atoms with Crippen molar-refractivity contribution in [3.63, 3.8) is 0 Å². The highest BCUT2D eigenvalue weighted by atomic mass is 32.3. The second kappa shape index (κ2) is 6.27. The Hall–Kier alpha value is -1.96. The maximum Gasteiger partial charge on any atom is 0.334 e. The quantitative estimate of drug-likeness (QED) is 0.791. The molecule has 1 N–H and O–H groups in total. The Morgan fingerprint density at radius 2 is 2.00 bits per heavy atom. The second-order valence-electron chi connectivity index (χ2n) is 5.67. The Balaban J connectivity index is 2.42. The van der Waals surface area contributed by atoms with Gasteiger partial charge >= 0.3 is 16.2 Å². The second-order valence-corrected chi connectivity index (χ2v) is 7.08. The van der Waals surface area contributed by atoms with E-state index < -0.39 is 39.3 Å². The molecule has 23 heavy (non-hydrogen) atoms. The number of halogens is 1. The van der Waals surface area contributed by atoms with Crippen molar-refractivity contribution in [2.24, 2.45) is 5.92 Å². The van der Waals surface area contributed by atoms with Crippen LogP contribution in [0.5, 0.6) is 0 Å². The summed E-state index contributed by atoms with van der Waals surface area (Å²) in [5, 5.41) is 9.79. The van der Waals surface area contributed by atoms with E-state index in [-0.39, 0.29) is 19.4 Å². The summed E-state index contributed by atoms with van der Waals surface area (Å²) in [5.41, 5.74) is -1.14. The van der Waals surface area contributed by atoms with E-state index in [2.05, 4.69) is 0 Å². The number of hydrogen-bond donors (Lipinski definition) is 1. The predicted octanol–water partition coefficient (Wildman–Crippen LogP) is 1.52. The lowest BCUT2D eigenvalue weighted by atomic mass is 9.85. The molecule has 6 nitrogen and oxygen atoms in total. The van der Waals surface area contributed by atoms with Crippen molar-refractivity contribution >= 4 is 22.1 Å². The van der Waals surface area contributed by atoms with Crippen molar-refractivity contribution in [3.8, 4) is 0 Å². The Kier molecular flexibility index (Phi) is 4.74. The Morgan fingerprint density at radius 3 is 2.48 bits per heavy atom. The predicted molar refractivity (Wildman–Crippen MR) is 80.8 cm³/mol. The summed E-state index contributed by atoms with van der Waals surface area (Å²) in [6.45, 7) is 1.55. The number of carboxylic acids is 1. The van der Waals surface area contributed by atoms with Crippen LogP contribution in [0.2, 0.25) is 0 Å². The van der Waals surface area contributed by atoms with Crippen LogP contribution in [0.25, 0.3) is 0 Å². The molecule has 1 fully saturated rings. The topological polar surface area (TPSA) is 91.8 Å². The van der Waals surface area contributed by atoms with Gasteiger partial charge in [-0.25, -0.2) is 4.79 Å². The smallest absolute Gasteiger partial charge is 0.334 e. The zero-order valence-electron chi connectivity index (χ0n) is 12.6. The van der Waals surface area contributed by atoms with E-state index in [1.165, 1.54) is 4.90 Å².